The molecule has 1 aliphatic rings. The van der Waals surface area contributed by atoms with Gasteiger partial charge in [0.05, 0.1) is 18.9 Å². The molecule has 0 radical (unpaired) electrons. The third-order valence-corrected chi connectivity index (χ3v) is 5.02. The van der Waals surface area contributed by atoms with Gasteiger partial charge in [0.2, 0.25) is 5.91 Å². The van der Waals surface area contributed by atoms with E-state index in [0.717, 1.165) is 10.0 Å². The highest BCUT2D eigenvalue weighted by atomic mass is 79.9. The summed E-state index contributed by atoms with van der Waals surface area (Å²) >= 11 is 3.39. The molecule has 2 heterocycles. The van der Waals surface area contributed by atoms with E-state index in [1.165, 1.54) is 0 Å². The van der Waals surface area contributed by atoms with E-state index in [0.29, 0.717) is 11.6 Å². The molecule has 0 saturated carbocycles. The molecule has 1 amide bonds. The molecule has 1 aliphatic heterocycles. The fourth-order valence-corrected chi connectivity index (χ4v) is 3.28. The Morgan fingerprint density at radius 2 is 2.08 bits per heavy atom. The van der Waals surface area contributed by atoms with Crippen LogP contribution in [0.4, 0.5) is 13.2 Å². The first-order valence-corrected chi connectivity index (χ1v) is 8.61. The Morgan fingerprint density at radius 1 is 1.32 bits per heavy atom. The number of carbonyl (C=O) groups excluding carboxylic acids is 1. The highest BCUT2D eigenvalue weighted by Crippen LogP contribution is 2.34. The zero-order valence-corrected chi connectivity index (χ0v) is 14.8. The Morgan fingerprint density at radius 3 is 2.80 bits per heavy atom. The molecule has 1 aromatic heterocycles. The minimum Gasteiger partial charge on any atom is -0.349 e. The molecule has 5 nitrogen and oxygen atoms in total. The van der Waals surface area contributed by atoms with Crippen LogP contribution in [0.15, 0.2) is 28.7 Å². The fourth-order valence-electron chi connectivity index (χ4n) is 2.85. The second kappa shape index (κ2) is 7.15. The van der Waals surface area contributed by atoms with E-state index in [9.17, 15) is 18.0 Å². The van der Waals surface area contributed by atoms with Crippen LogP contribution in [0.3, 0.4) is 0 Å². The SMILES string of the molecule is O=C(Cc1ccccc1Br)NCc1nnc2n1CC[C@H](C(F)(F)F)C2. The Balaban J connectivity index is 1.59. The van der Waals surface area contributed by atoms with Gasteiger partial charge in [-0.2, -0.15) is 13.2 Å². The maximum atomic E-state index is 12.8. The van der Waals surface area contributed by atoms with Crippen LogP contribution < -0.4 is 5.32 Å². The van der Waals surface area contributed by atoms with Crippen LogP contribution in [0.25, 0.3) is 0 Å². The minimum atomic E-state index is -4.21. The van der Waals surface area contributed by atoms with Crippen LogP contribution in [0, 0.1) is 5.92 Å². The van der Waals surface area contributed by atoms with E-state index in [1.807, 2.05) is 24.3 Å². The second-order valence-electron chi connectivity index (χ2n) is 5.96. The van der Waals surface area contributed by atoms with Crippen molar-refractivity contribution in [3.63, 3.8) is 0 Å². The van der Waals surface area contributed by atoms with E-state index in [-0.39, 0.29) is 38.3 Å². The molecule has 0 unspecified atom stereocenters. The molecule has 2 aromatic rings. The van der Waals surface area contributed by atoms with Crippen molar-refractivity contribution >= 4 is 21.8 Å². The second-order valence-corrected chi connectivity index (χ2v) is 6.81. The number of aromatic nitrogens is 3. The van der Waals surface area contributed by atoms with E-state index >= 15 is 0 Å². The third kappa shape index (κ3) is 4.20. The zero-order chi connectivity index (χ0) is 18.0. The molecule has 25 heavy (non-hydrogen) atoms. The van der Waals surface area contributed by atoms with Gasteiger partial charge in [0, 0.05) is 17.4 Å². The molecular formula is C16H16BrF3N4O. The Labute approximate surface area is 150 Å². The topological polar surface area (TPSA) is 59.8 Å². The maximum absolute atomic E-state index is 12.8. The van der Waals surface area contributed by atoms with Crippen LogP contribution in [0.5, 0.6) is 0 Å². The third-order valence-electron chi connectivity index (χ3n) is 4.25. The quantitative estimate of drug-likeness (QED) is 0.832. The molecule has 9 heteroatoms. The van der Waals surface area contributed by atoms with E-state index in [1.54, 1.807) is 4.57 Å². The van der Waals surface area contributed by atoms with Crippen molar-refractivity contribution in [2.75, 3.05) is 0 Å². The first kappa shape index (κ1) is 17.9. The molecule has 0 spiro atoms. The summed E-state index contributed by atoms with van der Waals surface area (Å²) in [5, 5.41) is 10.5. The van der Waals surface area contributed by atoms with Crippen molar-refractivity contribution in [2.24, 2.45) is 5.92 Å². The number of fused-ring (bicyclic) bond motifs is 1. The van der Waals surface area contributed by atoms with Crippen LogP contribution in [0.2, 0.25) is 0 Å². The lowest BCUT2D eigenvalue weighted by Gasteiger charge is -2.25. The standard InChI is InChI=1S/C16H16BrF3N4O/c17-12-4-2-1-3-10(12)7-15(25)21-9-14-23-22-13-8-11(16(18,19)20)5-6-24(13)14/h1-4,11H,5-9H2,(H,21,25)/t11-/m0/s1. The van der Waals surface area contributed by atoms with E-state index < -0.39 is 12.1 Å². The predicted octanol–water partition coefficient (Wildman–Crippen LogP) is 3.02. The van der Waals surface area contributed by atoms with Crippen molar-refractivity contribution in [3.05, 3.63) is 46.0 Å². The molecule has 0 bridgehead atoms. The smallest absolute Gasteiger partial charge is 0.349 e. The average Bonchev–Trinajstić information content (AvgIpc) is 2.96. The molecule has 134 valence electrons. The van der Waals surface area contributed by atoms with Crippen LogP contribution in [0.1, 0.15) is 23.6 Å². The number of rotatable bonds is 4. The van der Waals surface area contributed by atoms with Gasteiger partial charge in [-0.25, -0.2) is 0 Å². The van der Waals surface area contributed by atoms with Gasteiger partial charge in [0.25, 0.3) is 0 Å². The largest absolute Gasteiger partial charge is 0.392 e. The number of alkyl halides is 3. The van der Waals surface area contributed by atoms with Gasteiger partial charge in [-0.15, -0.1) is 10.2 Å². The van der Waals surface area contributed by atoms with E-state index in [2.05, 4.69) is 31.4 Å². The van der Waals surface area contributed by atoms with Gasteiger partial charge >= 0.3 is 6.18 Å². The first-order valence-electron chi connectivity index (χ1n) is 7.82. The number of nitrogens with one attached hydrogen (secondary N) is 1. The number of nitrogens with zero attached hydrogens (tertiary/aromatic N) is 3. The Kier molecular flexibility index (Phi) is 5.12. The molecule has 0 saturated heterocycles. The van der Waals surface area contributed by atoms with Gasteiger partial charge < -0.3 is 9.88 Å². The van der Waals surface area contributed by atoms with Gasteiger partial charge in [-0.3, -0.25) is 4.79 Å². The number of halogens is 4. The normalized spacial score (nSPS) is 17.2. The lowest BCUT2D eigenvalue weighted by molar-refractivity contribution is -0.179. The molecular weight excluding hydrogens is 401 g/mol. The lowest BCUT2D eigenvalue weighted by atomic mass is 9.97. The summed E-state index contributed by atoms with van der Waals surface area (Å²) in [5.74, 6) is -0.755. The van der Waals surface area contributed by atoms with Crippen molar-refractivity contribution < 1.29 is 18.0 Å². The molecule has 0 fully saturated rings. The Bertz CT molecular complexity index is 775. The monoisotopic (exact) mass is 416 g/mol. The van der Waals surface area contributed by atoms with Gasteiger partial charge in [0.15, 0.2) is 5.82 Å². The van der Waals surface area contributed by atoms with Crippen LogP contribution in [-0.2, 0) is 30.7 Å². The summed E-state index contributed by atoms with van der Waals surface area (Å²) in [6, 6.07) is 7.41. The zero-order valence-electron chi connectivity index (χ0n) is 13.2. The lowest BCUT2D eigenvalue weighted by Crippen LogP contribution is -2.32. The molecule has 1 atom stereocenters. The van der Waals surface area contributed by atoms with Crippen molar-refractivity contribution in [1.29, 1.82) is 0 Å². The highest BCUT2D eigenvalue weighted by Gasteiger charge is 2.42. The summed E-state index contributed by atoms with van der Waals surface area (Å²) < 4.78 is 41.0. The van der Waals surface area contributed by atoms with Gasteiger partial charge in [0.1, 0.15) is 5.82 Å². The fraction of sp³-hybridized carbons (Fsp3) is 0.438. The van der Waals surface area contributed by atoms with Crippen LogP contribution >= 0.6 is 15.9 Å². The summed E-state index contributed by atoms with van der Waals surface area (Å²) in [5.41, 5.74) is 0.858. The molecule has 3 rings (SSSR count). The molecule has 0 aliphatic carbocycles. The number of amides is 1. The van der Waals surface area contributed by atoms with Crippen molar-refractivity contribution in [3.8, 4) is 0 Å². The summed E-state index contributed by atoms with van der Waals surface area (Å²) in [6.07, 6.45) is -4.17. The minimum absolute atomic E-state index is 0.00640. The summed E-state index contributed by atoms with van der Waals surface area (Å²) in [7, 11) is 0. The maximum Gasteiger partial charge on any atom is 0.392 e. The van der Waals surface area contributed by atoms with Gasteiger partial charge in [-0.1, -0.05) is 34.1 Å². The highest BCUT2D eigenvalue weighted by molar-refractivity contribution is 9.10. The number of benzene rings is 1. The first-order chi connectivity index (χ1) is 11.8. The molecule has 1 N–H and O–H groups in total. The Hall–Kier alpha value is -1.90. The average molecular weight is 417 g/mol. The number of carbonyl (C=O) groups is 1. The molecule has 1 aromatic carbocycles. The predicted molar refractivity (Wildman–Crippen MR) is 87.6 cm³/mol. The van der Waals surface area contributed by atoms with Crippen molar-refractivity contribution in [1.82, 2.24) is 20.1 Å². The van der Waals surface area contributed by atoms with E-state index in [4.69, 9.17) is 0 Å². The van der Waals surface area contributed by atoms with Crippen molar-refractivity contribution in [2.45, 2.75) is 38.5 Å². The number of hydrogen-bond acceptors (Lipinski definition) is 3. The summed E-state index contributed by atoms with van der Waals surface area (Å²) in [4.78, 5) is 12.1. The summed E-state index contributed by atoms with van der Waals surface area (Å²) in [6.45, 7) is 0.356. The van der Waals surface area contributed by atoms with Crippen LogP contribution in [-0.4, -0.2) is 26.8 Å². The van der Waals surface area contributed by atoms with Gasteiger partial charge in [-0.05, 0) is 18.1 Å². The number of hydrogen-bond donors (Lipinski definition) is 1.